The SMILES string of the molecule is CC(=O)NCCNC(=O)C(C)(C)CCO. The number of rotatable bonds is 6. The zero-order chi connectivity index (χ0) is 11.9. The summed E-state index contributed by atoms with van der Waals surface area (Å²) in [6, 6.07) is 0. The lowest BCUT2D eigenvalue weighted by Crippen LogP contribution is -2.41. The first-order valence-electron chi connectivity index (χ1n) is 5.04. The van der Waals surface area contributed by atoms with E-state index in [1.165, 1.54) is 6.92 Å². The molecule has 0 aliphatic heterocycles. The van der Waals surface area contributed by atoms with Crippen molar-refractivity contribution in [3.05, 3.63) is 0 Å². The van der Waals surface area contributed by atoms with Crippen LogP contribution in [0, 0.1) is 5.41 Å². The maximum atomic E-state index is 11.6. The lowest BCUT2D eigenvalue weighted by atomic mass is 9.89. The van der Waals surface area contributed by atoms with Crippen molar-refractivity contribution in [1.82, 2.24) is 10.6 Å². The fourth-order valence-electron chi connectivity index (χ4n) is 1.05. The summed E-state index contributed by atoms with van der Waals surface area (Å²) in [6.07, 6.45) is 0.430. The Kier molecular flexibility index (Phi) is 5.93. The van der Waals surface area contributed by atoms with E-state index in [-0.39, 0.29) is 18.4 Å². The molecule has 0 saturated carbocycles. The second-order valence-electron chi connectivity index (χ2n) is 4.10. The van der Waals surface area contributed by atoms with Gasteiger partial charge in [-0.2, -0.15) is 0 Å². The van der Waals surface area contributed by atoms with Gasteiger partial charge in [-0.15, -0.1) is 0 Å². The average Bonchev–Trinajstić information content (AvgIpc) is 2.11. The van der Waals surface area contributed by atoms with E-state index in [0.717, 1.165) is 0 Å². The molecular weight excluding hydrogens is 196 g/mol. The molecule has 0 aromatic heterocycles. The van der Waals surface area contributed by atoms with Crippen LogP contribution in [0.25, 0.3) is 0 Å². The molecule has 3 N–H and O–H groups in total. The van der Waals surface area contributed by atoms with Gasteiger partial charge in [0.25, 0.3) is 0 Å². The Balaban J connectivity index is 3.78. The molecule has 0 unspecified atom stereocenters. The van der Waals surface area contributed by atoms with E-state index >= 15 is 0 Å². The lowest BCUT2D eigenvalue weighted by Gasteiger charge is -2.22. The van der Waals surface area contributed by atoms with Gasteiger partial charge in [0, 0.05) is 32.0 Å². The van der Waals surface area contributed by atoms with Crippen molar-refractivity contribution in [2.24, 2.45) is 5.41 Å². The number of aliphatic hydroxyl groups excluding tert-OH is 1. The van der Waals surface area contributed by atoms with Gasteiger partial charge in [-0.1, -0.05) is 13.8 Å². The topological polar surface area (TPSA) is 78.4 Å². The van der Waals surface area contributed by atoms with Gasteiger partial charge in [0.15, 0.2) is 0 Å². The normalized spacial score (nSPS) is 10.9. The molecule has 0 aromatic rings. The van der Waals surface area contributed by atoms with Gasteiger partial charge >= 0.3 is 0 Å². The molecule has 0 fully saturated rings. The first-order chi connectivity index (χ1) is 6.90. The molecule has 5 heteroatoms. The quantitative estimate of drug-likeness (QED) is 0.531. The summed E-state index contributed by atoms with van der Waals surface area (Å²) in [5.41, 5.74) is -0.565. The fourth-order valence-corrected chi connectivity index (χ4v) is 1.05. The maximum absolute atomic E-state index is 11.6. The van der Waals surface area contributed by atoms with E-state index in [1.54, 1.807) is 13.8 Å². The number of hydrogen-bond acceptors (Lipinski definition) is 3. The van der Waals surface area contributed by atoms with Gasteiger partial charge < -0.3 is 15.7 Å². The van der Waals surface area contributed by atoms with Crippen molar-refractivity contribution in [3.8, 4) is 0 Å². The van der Waals surface area contributed by atoms with Gasteiger partial charge in [0.2, 0.25) is 11.8 Å². The largest absolute Gasteiger partial charge is 0.396 e. The molecule has 88 valence electrons. The molecule has 0 aliphatic carbocycles. The highest BCUT2D eigenvalue weighted by molar-refractivity contribution is 5.81. The molecule has 2 amide bonds. The Morgan fingerprint density at radius 2 is 1.73 bits per heavy atom. The minimum absolute atomic E-state index is 0.00782. The van der Waals surface area contributed by atoms with Crippen molar-refractivity contribution >= 4 is 11.8 Å². The summed E-state index contributed by atoms with van der Waals surface area (Å²) < 4.78 is 0. The molecule has 0 saturated heterocycles. The number of carbonyl (C=O) groups excluding carboxylic acids is 2. The third-order valence-electron chi connectivity index (χ3n) is 2.14. The van der Waals surface area contributed by atoms with E-state index < -0.39 is 5.41 Å². The molecule has 0 radical (unpaired) electrons. The lowest BCUT2D eigenvalue weighted by molar-refractivity contribution is -0.130. The zero-order valence-corrected chi connectivity index (χ0v) is 9.59. The number of amides is 2. The van der Waals surface area contributed by atoms with Crippen molar-refractivity contribution < 1.29 is 14.7 Å². The van der Waals surface area contributed by atoms with Crippen molar-refractivity contribution in [2.45, 2.75) is 27.2 Å². The van der Waals surface area contributed by atoms with Crippen molar-refractivity contribution in [3.63, 3.8) is 0 Å². The second-order valence-corrected chi connectivity index (χ2v) is 4.10. The van der Waals surface area contributed by atoms with Crippen molar-refractivity contribution in [1.29, 1.82) is 0 Å². The summed E-state index contributed by atoms with van der Waals surface area (Å²) in [5, 5.41) is 14.0. The van der Waals surface area contributed by atoms with Crippen LogP contribution in [0.2, 0.25) is 0 Å². The number of carbonyl (C=O) groups is 2. The first-order valence-corrected chi connectivity index (χ1v) is 5.04. The van der Waals surface area contributed by atoms with E-state index in [2.05, 4.69) is 10.6 Å². The predicted octanol–water partition coefficient (Wildman–Crippen LogP) is -0.353. The van der Waals surface area contributed by atoms with Gasteiger partial charge in [-0.3, -0.25) is 9.59 Å². The Morgan fingerprint density at radius 1 is 1.20 bits per heavy atom. The average molecular weight is 216 g/mol. The van der Waals surface area contributed by atoms with Crippen LogP contribution in [0.1, 0.15) is 27.2 Å². The van der Waals surface area contributed by atoms with Crippen LogP contribution in [-0.4, -0.2) is 36.6 Å². The number of hydrogen-bond donors (Lipinski definition) is 3. The van der Waals surface area contributed by atoms with E-state index in [4.69, 9.17) is 5.11 Å². The zero-order valence-electron chi connectivity index (χ0n) is 9.59. The summed E-state index contributed by atoms with van der Waals surface area (Å²) in [4.78, 5) is 22.1. The minimum atomic E-state index is -0.565. The van der Waals surface area contributed by atoms with Crippen LogP contribution in [0.4, 0.5) is 0 Å². The highest BCUT2D eigenvalue weighted by Crippen LogP contribution is 2.19. The maximum Gasteiger partial charge on any atom is 0.225 e. The Bertz CT molecular complexity index is 227. The predicted molar refractivity (Wildman–Crippen MR) is 57.2 cm³/mol. The van der Waals surface area contributed by atoms with Gasteiger partial charge in [0.05, 0.1) is 0 Å². The third-order valence-corrected chi connectivity index (χ3v) is 2.14. The van der Waals surface area contributed by atoms with E-state index in [9.17, 15) is 9.59 Å². The molecule has 0 bridgehead atoms. The summed E-state index contributed by atoms with van der Waals surface area (Å²) in [7, 11) is 0. The molecule has 0 spiro atoms. The number of aliphatic hydroxyl groups is 1. The molecular formula is C10H20N2O3. The van der Waals surface area contributed by atoms with Crippen LogP contribution in [-0.2, 0) is 9.59 Å². The minimum Gasteiger partial charge on any atom is -0.396 e. The number of nitrogens with one attached hydrogen (secondary N) is 2. The molecule has 0 atom stereocenters. The van der Waals surface area contributed by atoms with Crippen LogP contribution >= 0.6 is 0 Å². The van der Waals surface area contributed by atoms with Gasteiger partial charge in [-0.25, -0.2) is 0 Å². The highest BCUT2D eigenvalue weighted by atomic mass is 16.3. The smallest absolute Gasteiger partial charge is 0.225 e. The highest BCUT2D eigenvalue weighted by Gasteiger charge is 2.26. The summed E-state index contributed by atoms with van der Waals surface area (Å²) in [5.74, 6) is -0.222. The van der Waals surface area contributed by atoms with Crippen LogP contribution < -0.4 is 10.6 Å². The van der Waals surface area contributed by atoms with E-state index in [1.807, 2.05) is 0 Å². The van der Waals surface area contributed by atoms with Crippen molar-refractivity contribution in [2.75, 3.05) is 19.7 Å². The molecule has 5 nitrogen and oxygen atoms in total. The summed E-state index contributed by atoms with van der Waals surface area (Å²) in [6.45, 7) is 5.81. The Hall–Kier alpha value is -1.10. The van der Waals surface area contributed by atoms with Gasteiger partial charge in [-0.05, 0) is 6.42 Å². The molecule has 0 aliphatic rings. The van der Waals surface area contributed by atoms with Crippen LogP contribution in [0.3, 0.4) is 0 Å². The van der Waals surface area contributed by atoms with Gasteiger partial charge in [0.1, 0.15) is 0 Å². The molecule has 0 aromatic carbocycles. The molecule has 0 rings (SSSR count). The fraction of sp³-hybridized carbons (Fsp3) is 0.800. The first kappa shape index (κ1) is 13.9. The third kappa shape index (κ3) is 6.06. The second kappa shape index (κ2) is 6.40. The standard InChI is InChI=1S/C10H20N2O3/c1-8(14)11-5-6-12-9(15)10(2,3)4-7-13/h13H,4-7H2,1-3H3,(H,11,14)(H,12,15). The van der Waals surface area contributed by atoms with Crippen LogP contribution in [0.15, 0.2) is 0 Å². The Labute approximate surface area is 90.2 Å². The Morgan fingerprint density at radius 3 is 2.20 bits per heavy atom. The summed E-state index contributed by atoms with van der Waals surface area (Å²) >= 11 is 0. The van der Waals surface area contributed by atoms with E-state index in [0.29, 0.717) is 19.5 Å². The molecule has 0 heterocycles. The van der Waals surface area contributed by atoms with Crippen LogP contribution in [0.5, 0.6) is 0 Å². The molecule has 15 heavy (non-hydrogen) atoms. The monoisotopic (exact) mass is 216 g/mol.